The molecular formula is C25H37ClN6O. The predicted molar refractivity (Wildman–Crippen MR) is 136 cm³/mol. The molecule has 1 aromatic heterocycles. The van der Waals surface area contributed by atoms with Gasteiger partial charge in [0.15, 0.2) is 0 Å². The number of aryl methyl sites for hydroxylation is 1. The minimum absolute atomic E-state index is 0.147. The Morgan fingerprint density at radius 1 is 1.42 bits per heavy atom. The number of nitrogens with zero attached hydrogens (tertiary/aromatic N) is 2. The molecule has 1 aliphatic carbocycles. The van der Waals surface area contributed by atoms with E-state index in [0.29, 0.717) is 34.8 Å². The Balaban J connectivity index is 1.68. The largest absolute Gasteiger partial charge is 0.508 e. The second kappa shape index (κ2) is 10.0. The van der Waals surface area contributed by atoms with E-state index in [1.54, 1.807) is 6.20 Å². The number of fused-ring (bicyclic) bond motifs is 1. The number of phenolic OH excluding ortho intramolecular Hbond substituents is 1. The van der Waals surface area contributed by atoms with E-state index in [1.807, 2.05) is 19.2 Å². The lowest BCUT2D eigenvalue weighted by atomic mass is 9.64. The third kappa shape index (κ3) is 4.91. The van der Waals surface area contributed by atoms with E-state index in [-0.39, 0.29) is 5.92 Å². The molecule has 180 valence electrons. The molecule has 2 atom stereocenters. The molecule has 8 heteroatoms. The number of benzene rings is 1. The van der Waals surface area contributed by atoms with Gasteiger partial charge in [0, 0.05) is 49.1 Å². The fourth-order valence-corrected chi connectivity index (χ4v) is 5.52. The van der Waals surface area contributed by atoms with Crippen molar-refractivity contribution in [3.8, 4) is 5.75 Å². The molecular weight excluding hydrogens is 436 g/mol. The van der Waals surface area contributed by atoms with Crippen LogP contribution in [0.1, 0.15) is 62.9 Å². The summed E-state index contributed by atoms with van der Waals surface area (Å²) in [5.41, 5.74) is 3.43. The highest BCUT2D eigenvalue weighted by Gasteiger charge is 2.47. The van der Waals surface area contributed by atoms with E-state index in [4.69, 9.17) is 22.0 Å². The zero-order chi connectivity index (χ0) is 23.6. The summed E-state index contributed by atoms with van der Waals surface area (Å²) >= 11 is 5.95. The SMILES string of the molecule is CNC(C)CCc1c(O)ccc2c1nc(C(C)CN/C=C(/Cl)C=N)n2C1CC2(CCNC2)C1. The lowest BCUT2D eigenvalue weighted by Crippen LogP contribution is -2.41. The van der Waals surface area contributed by atoms with Crippen molar-refractivity contribution in [2.45, 2.75) is 64.0 Å². The molecule has 1 saturated heterocycles. The van der Waals surface area contributed by atoms with Gasteiger partial charge in [0.05, 0.1) is 16.1 Å². The molecule has 7 nitrogen and oxygen atoms in total. The first kappa shape index (κ1) is 24.0. The van der Waals surface area contributed by atoms with Gasteiger partial charge in [-0.05, 0) is 70.2 Å². The molecule has 2 fully saturated rings. The summed E-state index contributed by atoms with van der Waals surface area (Å²) < 4.78 is 2.44. The molecule has 2 aliphatic rings. The fourth-order valence-electron chi connectivity index (χ4n) is 5.44. The zero-order valence-corrected chi connectivity index (χ0v) is 20.7. The first-order valence-corrected chi connectivity index (χ1v) is 12.5. The molecule has 2 unspecified atom stereocenters. The smallest absolute Gasteiger partial charge is 0.121 e. The summed E-state index contributed by atoms with van der Waals surface area (Å²) in [6.45, 7) is 7.23. The maximum absolute atomic E-state index is 10.7. The maximum atomic E-state index is 10.7. The summed E-state index contributed by atoms with van der Waals surface area (Å²) in [6, 6.07) is 4.68. The van der Waals surface area contributed by atoms with Crippen LogP contribution in [0.5, 0.6) is 5.75 Å². The number of hydrogen-bond acceptors (Lipinski definition) is 6. The first-order valence-electron chi connectivity index (χ1n) is 12.1. The van der Waals surface area contributed by atoms with Crippen LogP contribution >= 0.6 is 11.6 Å². The third-order valence-electron chi connectivity index (χ3n) is 7.57. The molecule has 1 saturated carbocycles. The quantitative estimate of drug-likeness (QED) is 0.336. The monoisotopic (exact) mass is 472 g/mol. The van der Waals surface area contributed by atoms with Crippen molar-refractivity contribution < 1.29 is 5.11 Å². The lowest BCUT2D eigenvalue weighted by molar-refractivity contribution is 0.0841. The van der Waals surface area contributed by atoms with Crippen LogP contribution < -0.4 is 16.0 Å². The van der Waals surface area contributed by atoms with Gasteiger partial charge in [-0.25, -0.2) is 4.98 Å². The second-order valence-corrected chi connectivity index (χ2v) is 10.4. The third-order valence-corrected chi connectivity index (χ3v) is 7.78. The normalized spacial score (nSPS) is 24.7. The van der Waals surface area contributed by atoms with Crippen molar-refractivity contribution in [2.24, 2.45) is 5.41 Å². The van der Waals surface area contributed by atoms with E-state index in [9.17, 15) is 5.11 Å². The van der Waals surface area contributed by atoms with Crippen molar-refractivity contribution in [3.05, 3.63) is 34.8 Å². The van der Waals surface area contributed by atoms with Crippen molar-refractivity contribution in [2.75, 3.05) is 26.7 Å². The highest BCUT2D eigenvalue weighted by Crippen LogP contribution is 2.53. The molecule has 4 rings (SSSR count). The Kier molecular flexibility index (Phi) is 7.31. The Morgan fingerprint density at radius 3 is 2.88 bits per heavy atom. The minimum Gasteiger partial charge on any atom is -0.508 e. The number of aromatic nitrogens is 2. The van der Waals surface area contributed by atoms with Crippen LogP contribution in [-0.2, 0) is 6.42 Å². The van der Waals surface area contributed by atoms with Gasteiger partial charge in [-0.3, -0.25) is 0 Å². The van der Waals surface area contributed by atoms with E-state index < -0.39 is 0 Å². The van der Waals surface area contributed by atoms with E-state index in [1.165, 1.54) is 19.3 Å². The molecule has 2 aromatic rings. The van der Waals surface area contributed by atoms with Crippen molar-refractivity contribution in [1.82, 2.24) is 25.5 Å². The molecule has 5 N–H and O–H groups in total. The average molecular weight is 473 g/mol. The second-order valence-electron chi connectivity index (χ2n) is 9.97. The van der Waals surface area contributed by atoms with Gasteiger partial charge in [-0.15, -0.1) is 0 Å². The summed E-state index contributed by atoms with van der Waals surface area (Å²) in [4.78, 5) is 5.14. The number of phenols is 1. The Bertz CT molecular complexity index is 1020. The van der Waals surface area contributed by atoms with E-state index in [0.717, 1.165) is 54.6 Å². The zero-order valence-electron chi connectivity index (χ0n) is 19.9. The number of nitrogens with one attached hydrogen (secondary N) is 4. The van der Waals surface area contributed by atoms with Crippen LogP contribution in [0, 0.1) is 10.8 Å². The molecule has 33 heavy (non-hydrogen) atoms. The average Bonchev–Trinajstić information content (AvgIpc) is 3.42. The van der Waals surface area contributed by atoms with Crippen LogP contribution in [0.4, 0.5) is 0 Å². The maximum Gasteiger partial charge on any atom is 0.121 e. The number of aromatic hydroxyl groups is 1. The van der Waals surface area contributed by atoms with Gasteiger partial charge in [0.1, 0.15) is 11.6 Å². The molecule has 1 spiro atoms. The molecule has 0 bridgehead atoms. The van der Waals surface area contributed by atoms with E-state index in [2.05, 4.69) is 34.4 Å². The van der Waals surface area contributed by atoms with Crippen LogP contribution in [0.25, 0.3) is 11.0 Å². The Morgan fingerprint density at radius 2 is 2.21 bits per heavy atom. The van der Waals surface area contributed by atoms with Crippen LogP contribution in [-0.4, -0.2) is 53.6 Å². The topological polar surface area (TPSA) is 98.0 Å². The minimum atomic E-state index is 0.147. The van der Waals surface area contributed by atoms with Gasteiger partial charge in [-0.1, -0.05) is 18.5 Å². The number of imidazole rings is 1. The molecule has 0 radical (unpaired) electrons. The van der Waals surface area contributed by atoms with Crippen LogP contribution in [0.15, 0.2) is 23.4 Å². The Hall–Kier alpha value is -2.09. The number of hydrogen-bond donors (Lipinski definition) is 5. The molecule has 0 amide bonds. The van der Waals surface area contributed by atoms with Crippen molar-refractivity contribution in [1.29, 1.82) is 5.41 Å². The summed E-state index contributed by atoms with van der Waals surface area (Å²) in [7, 11) is 1.97. The van der Waals surface area contributed by atoms with Gasteiger partial charge >= 0.3 is 0 Å². The fraction of sp³-hybridized carbons (Fsp3) is 0.600. The highest BCUT2D eigenvalue weighted by atomic mass is 35.5. The standard InChI is InChI=1S/C25H37ClN6O/c1-16(13-30-14-18(26)12-27)24-31-23-20(5-4-17(2)28-3)22(33)7-6-21(23)32(24)19-10-25(11-19)8-9-29-15-25/h6-7,12,14,16-17,19,27-30,33H,4-5,8-11,13,15H2,1-3H3/b18-14+,27-12?. The summed E-state index contributed by atoms with van der Waals surface area (Å²) in [6.07, 6.45) is 8.11. The lowest BCUT2D eigenvalue weighted by Gasteiger charge is -2.46. The summed E-state index contributed by atoms with van der Waals surface area (Å²) in [5.74, 6) is 1.53. The molecule has 1 aromatic carbocycles. The summed E-state index contributed by atoms with van der Waals surface area (Å²) in [5, 5.41) is 28.4. The Labute approximate surface area is 201 Å². The van der Waals surface area contributed by atoms with Crippen LogP contribution in [0.2, 0.25) is 0 Å². The number of halogens is 1. The van der Waals surface area contributed by atoms with E-state index >= 15 is 0 Å². The predicted octanol–water partition coefficient (Wildman–Crippen LogP) is 4.02. The van der Waals surface area contributed by atoms with Crippen LogP contribution in [0.3, 0.4) is 0 Å². The molecule has 1 aliphatic heterocycles. The molecule has 2 heterocycles. The van der Waals surface area contributed by atoms with Crippen molar-refractivity contribution in [3.63, 3.8) is 0 Å². The van der Waals surface area contributed by atoms with Gasteiger partial charge in [-0.2, -0.15) is 0 Å². The number of allylic oxidation sites excluding steroid dienone is 1. The number of rotatable bonds is 10. The van der Waals surface area contributed by atoms with Gasteiger partial charge in [0.2, 0.25) is 0 Å². The van der Waals surface area contributed by atoms with Crippen molar-refractivity contribution >= 4 is 28.8 Å². The first-order chi connectivity index (χ1) is 15.9. The van der Waals surface area contributed by atoms with Gasteiger partial charge in [0.25, 0.3) is 0 Å². The van der Waals surface area contributed by atoms with Gasteiger partial charge < -0.3 is 31.0 Å². The highest BCUT2D eigenvalue weighted by molar-refractivity contribution is 6.38.